The second kappa shape index (κ2) is 7.69. The third-order valence-corrected chi connectivity index (χ3v) is 3.11. The third-order valence-electron chi connectivity index (χ3n) is 2.49. The second-order valence-electron chi connectivity index (χ2n) is 4.01. The summed E-state index contributed by atoms with van der Waals surface area (Å²) in [6.45, 7) is 3.42. The molecule has 0 heterocycles. The van der Waals surface area contributed by atoms with Crippen molar-refractivity contribution in [3.8, 4) is 5.75 Å². The molecule has 0 aliphatic heterocycles. The van der Waals surface area contributed by atoms with Gasteiger partial charge in [0.15, 0.2) is 0 Å². The van der Waals surface area contributed by atoms with Gasteiger partial charge >= 0.3 is 0 Å². The first-order valence-corrected chi connectivity index (χ1v) is 6.60. The van der Waals surface area contributed by atoms with E-state index in [0.717, 1.165) is 23.1 Å². The SMILES string of the molecule is COCCC(C)Oc1ccc(CCN)cc1Br. The fourth-order valence-corrected chi connectivity index (χ4v) is 2.04. The van der Waals surface area contributed by atoms with Crippen LogP contribution in [-0.2, 0) is 11.2 Å². The zero-order chi connectivity index (χ0) is 12.7. The molecule has 96 valence electrons. The van der Waals surface area contributed by atoms with Crippen LogP contribution in [0.25, 0.3) is 0 Å². The molecule has 0 radical (unpaired) electrons. The Balaban J connectivity index is 2.59. The molecule has 0 saturated carbocycles. The van der Waals surface area contributed by atoms with Crippen molar-refractivity contribution < 1.29 is 9.47 Å². The third kappa shape index (κ3) is 5.06. The molecular formula is C13H20BrNO2. The quantitative estimate of drug-likeness (QED) is 0.842. The topological polar surface area (TPSA) is 44.5 Å². The van der Waals surface area contributed by atoms with E-state index in [1.54, 1.807) is 7.11 Å². The Kier molecular flexibility index (Phi) is 6.55. The molecule has 0 spiro atoms. The fourth-order valence-electron chi connectivity index (χ4n) is 1.52. The van der Waals surface area contributed by atoms with Crippen LogP contribution in [0.5, 0.6) is 5.75 Å². The molecule has 1 aromatic carbocycles. The number of hydrogen-bond donors (Lipinski definition) is 1. The molecule has 4 heteroatoms. The molecule has 2 N–H and O–H groups in total. The van der Waals surface area contributed by atoms with Crippen molar-refractivity contribution in [2.45, 2.75) is 25.9 Å². The minimum Gasteiger partial charge on any atom is -0.489 e. The summed E-state index contributed by atoms with van der Waals surface area (Å²) in [5.74, 6) is 0.870. The van der Waals surface area contributed by atoms with Crippen molar-refractivity contribution in [2.75, 3.05) is 20.3 Å². The zero-order valence-electron chi connectivity index (χ0n) is 10.4. The van der Waals surface area contributed by atoms with Crippen molar-refractivity contribution >= 4 is 15.9 Å². The Bertz CT molecular complexity index is 344. The summed E-state index contributed by atoms with van der Waals surface area (Å²) < 4.78 is 11.8. The van der Waals surface area contributed by atoms with Gasteiger partial charge in [0, 0.05) is 20.1 Å². The Morgan fingerprint density at radius 1 is 1.41 bits per heavy atom. The van der Waals surface area contributed by atoms with Crippen LogP contribution in [0.2, 0.25) is 0 Å². The first-order valence-electron chi connectivity index (χ1n) is 5.81. The predicted molar refractivity (Wildman–Crippen MR) is 73.5 cm³/mol. The summed E-state index contributed by atoms with van der Waals surface area (Å²) in [5, 5.41) is 0. The normalized spacial score (nSPS) is 12.5. The largest absolute Gasteiger partial charge is 0.489 e. The molecule has 0 aromatic heterocycles. The molecule has 0 saturated heterocycles. The lowest BCUT2D eigenvalue weighted by molar-refractivity contribution is 0.134. The van der Waals surface area contributed by atoms with E-state index in [9.17, 15) is 0 Å². The van der Waals surface area contributed by atoms with Crippen molar-refractivity contribution in [1.29, 1.82) is 0 Å². The van der Waals surface area contributed by atoms with E-state index in [2.05, 4.69) is 28.1 Å². The fraction of sp³-hybridized carbons (Fsp3) is 0.538. The first kappa shape index (κ1) is 14.5. The first-order chi connectivity index (χ1) is 8.17. The monoisotopic (exact) mass is 301 g/mol. The highest BCUT2D eigenvalue weighted by molar-refractivity contribution is 9.10. The van der Waals surface area contributed by atoms with Gasteiger partial charge in [-0.2, -0.15) is 0 Å². The number of rotatable bonds is 7. The van der Waals surface area contributed by atoms with Gasteiger partial charge in [0.1, 0.15) is 5.75 Å². The molecule has 17 heavy (non-hydrogen) atoms. The van der Waals surface area contributed by atoms with Crippen LogP contribution >= 0.6 is 15.9 Å². The lowest BCUT2D eigenvalue weighted by Gasteiger charge is -2.16. The lowest BCUT2D eigenvalue weighted by atomic mass is 10.1. The molecule has 0 fully saturated rings. The molecule has 0 aliphatic rings. The highest BCUT2D eigenvalue weighted by Crippen LogP contribution is 2.27. The predicted octanol–water partition coefficient (Wildman–Crippen LogP) is 2.75. The van der Waals surface area contributed by atoms with E-state index in [1.165, 1.54) is 5.56 Å². The maximum absolute atomic E-state index is 5.82. The molecule has 1 aromatic rings. The Hall–Kier alpha value is -0.580. The average molecular weight is 302 g/mol. The molecule has 1 rings (SSSR count). The number of nitrogens with two attached hydrogens (primary N) is 1. The molecular weight excluding hydrogens is 282 g/mol. The minimum atomic E-state index is 0.145. The summed E-state index contributed by atoms with van der Waals surface area (Å²) in [4.78, 5) is 0. The summed E-state index contributed by atoms with van der Waals surface area (Å²) in [6, 6.07) is 6.10. The Morgan fingerprint density at radius 2 is 2.18 bits per heavy atom. The van der Waals surface area contributed by atoms with Gasteiger partial charge in [-0.3, -0.25) is 0 Å². The van der Waals surface area contributed by atoms with Gasteiger partial charge in [-0.15, -0.1) is 0 Å². The van der Waals surface area contributed by atoms with Gasteiger partial charge in [0.2, 0.25) is 0 Å². The number of halogens is 1. The maximum Gasteiger partial charge on any atom is 0.133 e. The smallest absolute Gasteiger partial charge is 0.133 e. The van der Waals surface area contributed by atoms with Gasteiger partial charge in [-0.05, 0) is 53.5 Å². The van der Waals surface area contributed by atoms with E-state index >= 15 is 0 Å². The summed E-state index contributed by atoms with van der Waals surface area (Å²) >= 11 is 3.52. The van der Waals surface area contributed by atoms with Crippen LogP contribution in [0.4, 0.5) is 0 Å². The molecule has 0 bridgehead atoms. The van der Waals surface area contributed by atoms with E-state index in [0.29, 0.717) is 13.2 Å². The highest BCUT2D eigenvalue weighted by atomic mass is 79.9. The van der Waals surface area contributed by atoms with E-state index < -0.39 is 0 Å². The Morgan fingerprint density at radius 3 is 2.76 bits per heavy atom. The second-order valence-corrected chi connectivity index (χ2v) is 4.87. The van der Waals surface area contributed by atoms with Gasteiger partial charge < -0.3 is 15.2 Å². The molecule has 3 nitrogen and oxygen atoms in total. The summed E-state index contributed by atoms with van der Waals surface area (Å²) in [5.41, 5.74) is 6.74. The standard InChI is InChI=1S/C13H20BrNO2/c1-10(6-8-16-2)17-13-4-3-11(5-7-15)9-12(13)14/h3-4,9-10H,5-8,15H2,1-2H3. The van der Waals surface area contributed by atoms with Crippen molar-refractivity contribution in [2.24, 2.45) is 5.73 Å². The minimum absolute atomic E-state index is 0.145. The van der Waals surface area contributed by atoms with Crippen LogP contribution in [0, 0.1) is 0 Å². The number of methoxy groups -OCH3 is 1. The number of ether oxygens (including phenoxy) is 2. The van der Waals surface area contributed by atoms with E-state index in [-0.39, 0.29) is 6.10 Å². The van der Waals surface area contributed by atoms with Gasteiger partial charge in [-0.1, -0.05) is 6.07 Å². The van der Waals surface area contributed by atoms with Gasteiger partial charge in [0.25, 0.3) is 0 Å². The lowest BCUT2D eigenvalue weighted by Crippen LogP contribution is -2.14. The van der Waals surface area contributed by atoms with E-state index in [1.807, 2.05) is 13.0 Å². The van der Waals surface area contributed by atoms with Crippen LogP contribution in [0.3, 0.4) is 0 Å². The van der Waals surface area contributed by atoms with Gasteiger partial charge in [0.05, 0.1) is 10.6 Å². The van der Waals surface area contributed by atoms with Crippen molar-refractivity contribution in [3.05, 3.63) is 28.2 Å². The maximum atomic E-state index is 5.82. The van der Waals surface area contributed by atoms with Gasteiger partial charge in [-0.25, -0.2) is 0 Å². The number of benzene rings is 1. The highest BCUT2D eigenvalue weighted by Gasteiger charge is 2.07. The zero-order valence-corrected chi connectivity index (χ0v) is 12.0. The summed E-state index contributed by atoms with van der Waals surface area (Å²) in [7, 11) is 1.70. The molecule has 0 aliphatic carbocycles. The van der Waals surface area contributed by atoms with E-state index in [4.69, 9.17) is 15.2 Å². The van der Waals surface area contributed by atoms with Crippen LogP contribution in [0.15, 0.2) is 22.7 Å². The summed E-state index contributed by atoms with van der Waals surface area (Å²) in [6.07, 6.45) is 1.91. The average Bonchev–Trinajstić information content (AvgIpc) is 2.30. The van der Waals surface area contributed by atoms with Crippen molar-refractivity contribution in [3.63, 3.8) is 0 Å². The van der Waals surface area contributed by atoms with Crippen LogP contribution < -0.4 is 10.5 Å². The van der Waals surface area contributed by atoms with Crippen molar-refractivity contribution in [1.82, 2.24) is 0 Å². The Labute approximate surface area is 111 Å². The molecule has 1 atom stereocenters. The number of hydrogen-bond acceptors (Lipinski definition) is 3. The van der Waals surface area contributed by atoms with Crippen LogP contribution in [-0.4, -0.2) is 26.4 Å². The molecule has 1 unspecified atom stereocenters. The molecule has 0 amide bonds. The van der Waals surface area contributed by atoms with Crippen LogP contribution in [0.1, 0.15) is 18.9 Å².